The molecular formula is C22H23FN6O. The molecule has 154 valence electrons. The Morgan fingerprint density at radius 3 is 2.90 bits per heavy atom. The van der Waals surface area contributed by atoms with Gasteiger partial charge in [0, 0.05) is 53.4 Å². The van der Waals surface area contributed by atoms with Crippen molar-refractivity contribution in [2.24, 2.45) is 0 Å². The van der Waals surface area contributed by atoms with Gasteiger partial charge in [0.05, 0.1) is 6.20 Å². The summed E-state index contributed by atoms with van der Waals surface area (Å²) in [6, 6.07) is 4.07. The number of carbonyl (C=O) groups is 1. The van der Waals surface area contributed by atoms with E-state index < -0.39 is 0 Å². The molecule has 0 spiro atoms. The summed E-state index contributed by atoms with van der Waals surface area (Å²) < 4.78 is 15.9. The summed E-state index contributed by atoms with van der Waals surface area (Å²) in [6.45, 7) is 1.88. The van der Waals surface area contributed by atoms with Crippen molar-refractivity contribution >= 4 is 28.0 Å². The minimum Gasteiger partial charge on any atom is -0.353 e. The number of hydrogen-bond acceptors (Lipinski definition) is 4. The van der Waals surface area contributed by atoms with Crippen LogP contribution < -0.4 is 5.32 Å². The first kappa shape index (κ1) is 18.7. The Morgan fingerprint density at radius 1 is 1.27 bits per heavy atom. The third kappa shape index (κ3) is 3.32. The number of aromatic nitrogens is 5. The van der Waals surface area contributed by atoms with Gasteiger partial charge in [-0.25, -0.2) is 19.3 Å². The minimum atomic E-state index is -0.389. The molecule has 0 bridgehead atoms. The summed E-state index contributed by atoms with van der Waals surface area (Å²) in [7, 11) is 0. The molecule has 0 atom stereocenters. The molecule has 1 aliphatic carbocycles. The van der Waals surface area contributed by atoms with E-state index in [-0.39, 0.29) is 17.8 Å². The monoisotopic (exact) mass is 406 g/mol. The standard InChI is InChI=1S/C22H23FN6O/c1-2-19(30)27-15-3-5-16(6-4-15)29-8-7-13-10-24-21(28-22(13)29)18-12-26-20-17(18)9-14(23)11-25-20/h7-12,15-16H,2-6H2,1H3,(H,25,26)(H,27,30). The molecular weight excluding hydrogens is 383 g/mol. The predicted octanol–water partition coefficient (Wildman–Crippen LogP) is 4.12. The predicted molar refractivity (Wildman–Crippen MR) is 112 cm³/mol. The zero-order valence-corrected chi connectivity index (χ0v) is 16.7. The molecule has 1 amide bonds. The van der Waals surface area contributed by atoms with Gasteiger partial charge in [-0.1, -0.05) is 6.92 Å². The van der Waals surface area contributed by atoms with Crippen molar-refractivity contribution in [2.45, 2.75) is 51.1 Å². The van der Waals surface area contributed by atoms with E-state index in [1.54, 1.807) is 6.20 Å². The molecule has 0 aromatic carbocycles. The first-order valence-electron chi connectivity index (χ1n) is 10.4. The number of rotatable bonds is 4. The van der Waals surface area contributed by atoms with Crippen LogP contribution >= 0.6 is 0 Å². The lowest BCUT2D eigenvalue weighted by molar-refractivity contribution is -0.121. The number of nitrogens with zero attached hydrogens (tertiary/aromatic N) is 4. The maximum atomic E-state index is 13.7. The SMILES string of the molecule is CCC(=O)NC1CCC(n2ccc3cnc(-c4c[nH]c5ncc(F)cc45)nc32)CC1. The van der Waals surface area contributed by atoms with Crippen LogP contribution in [0.4, 0.5) is 4.39 Å². The van der Waals surface area contributed by atoms with Crippen LogP contribution in [-0.4, -0.2) is 36.5 Å². The molecule has 0 unspecified atom stereocenters. The van der Waals surface area contributed by atoms with Crippen molar-refractivity contribution < 1.29 is 9.18 Å². The fourth-order valence-corrected chi connectivity index (χ4v) is 4.35. The van der Waals surface area contributed by atoms with Gasteiger partial charge >= 0.3 is 0 Å². The highest BCUT2D eigenvalue weighted by Crippen LogP contribution is 2.32. The Morgan fingerprint density at radius 2 is 2.10 bits per heavy atom. The van der Waals surface area contributed by atoms with Gasteiger partial charge in [0.2, 0.25) is 5.91 Å². The summed E-state index contributed by atoms with van der Waals surface area (Å²) in [6.07, 6.45) is 11.3. The van der Waals surface area contributed by atoms with Crippen LogP contribution in [0.3, 0.4) is 0 Å². The quantitative estimate of drug-likeness (QED) is 0.533. The lowest BCUT2D eigenvalue weighted by atomic mass is 9.91. The molecule has 30 heavy (non-hydrogen) atoms. The Labute approximate surface area is 172 Å². The van der Waals surface area contributed by atoms with Crippen LogP contribution in [0, 0.1) is 5.82 Å². The van der Waals surface area contributed by atoms with Gasteiger partial charge in [0.15, 0.2) is 5.82 Å². The van der Waals surface area contributed by atoms with Gasteiger partial charge < -0.3 is 14.9 Å². The number of H-pyrrole nitrogens is 1. The summed E-state index contributed by atoms with van der Waals surface area (Å²) in [5, 5.41) is 4.75. The van der Waals surface area contributed by atoms with Gasteiger partial charge in [0.25, 0.3) is 0 Å². The van der Waals surface area contributed by atoms with Crippen LogP contribution in [-0.2, 0) is 4.79 Å². The second-order valence-corrected chi connectivity index (χ2v) is 7.87. The van der Waals surface area contributed by atoms with Gasteiger partial charge in [-0.3, -0.25) is 4.79 Å². The van der Waals surface area contributed by atoms with Crippen LogP contribution in [0.25, 0.3) is 33.5 Å². The topological polar surface area (TPSA) is 88.5 Å². The van der Waals surface area contributed by atoms with Gasteiger partial charge in [0.1, 0.15) is 17.1 Å². The molecule has 5 rings (SSSR count). The normalized spacial score (nSPS) is 19.4. The molecule has 2 N–H and O–H groups in total. The molecule has 1 fully saturated rings. The van der Waals surface area contributed by atoms with Gasteiger partial charge in [-0.05, 0) is 37.8 Å². The van der Waals surface area contributed by atoms with Crippen molar-refractivity contribution in [3.05, 3.63) is 42.7 Å². The van der Waals surface area contributed by atoms with E-state index in [4.69, 9.17) is 4.98 Å². The first-order chi connectivity index (χ1) is 14.6. The number of aromatic amines is 1. The fraction of sp³-hybridized carbons (Fsp3) is 0.364. The average Bonchev–Trinajstić information content (AvgIpc) is 3.37. The van der Waals surface area contributed by atoms with Gasteiger partial charge in [-0.15, -0.1) is 0 Å². The number of pyridine rings is 1. The molecule has 0 aliphatic heterocycles. The highest BCUT2D eigenvalue weighted by molar-refractivity contribution is 5.92. The van der Waals surface area contributed by atoms with E-state index >= 15 is 0 Å². The number of nitrogens with one attached hydrogen (secondary N) is 2. The molecule has 7 nitrogen and oxygen atoms in total. The second kappa shape index (κ2) is 7.51. The summed E-state index contributed by atoms with van der Waals surface area (Å²) in [5.74, 6) is 0.275. The average molecular weight is 406 g/mol. The second-order valence-electron chi connectivity index (χ2n) is 7.87. The molecule has 8 heteroatoms. The lowest BCUT2D eigenvalue weighted by Crippen LogP contribution is -2.37. The van der Waals surface area contributed by atoms with E-state index in [0.29, 0.717) is 29.3 Å². The highest BCUT2D eigenvalue weighted by Gasteiger charge is 2.24. The van der Waals surface area contributed by atoms with E-state index in [2.05, 4.69) is 31.0 Å². The number of carbonyl (C=O) groups excluding carboxylic acids is 1. The number of fused-ring (bicyclic) bond motifs is 2. The van der Waals surface area contributed by atoms with Crippen molar-refractivity contribution in [1.82, 2.24) is 29.8 Å². The maximum Gasteiger partial charge on any atom is 0.219 e. The van der Waals surface area contributed by atoms with Crippen molar-refractivity contribution in [1.29, 1.82) is 0 Å². The number of amides is 1. The number of halogens is 1. The molecule has 1 saturated carbocycles. The third-order valence-electron chi connectivity index (χ3n) is 5.97. The van der Waals surface area contributed by atoms with Crippen LogP contribution in [0.15, 0.2) is 36.9 Å². The van der Waals surface area contributed by atoms with Gasteiger partial charge in [-0.2, -0.15) is 0 Å². The lowest BCUT2D eigenvalue weighted by Gasteiger charge is -2.30. The molecule has 0 saturated heterocycles. The molecule has 0 radical (unpaired) electrons. The smallest absolute Gasteiger partial charge is 0.219 e. The fourth-order valence-electron chi connectivity index (χ4n) is 4.35. The van der Waals surface area contributed by atoms with Crippen LogP contribution in [0.5, 0.6) is 0 Å². The minimum absolute atomic E-state index is 0.118. The summed E-state index contributed by atoms with van der Waals surface area (Å²) in [5.41, 5.74) is 2.22. The Hall–Kier alpha value is -3.29. The Balaban J connectivity index is 1.44. The van der Waals surface area contributed by atoms with E-state index in [9.17, 15) is 9.18 Å². The van der Waals surface area contributed by atoms with E-state index in [0.717, 1.165) is 42.3 Å². The zero-order valence-electron chi connectivity index (χ0n) is 16.7. The molecule has 1 aliphatic rings. The summed E-state index contributed by atoms with van der Waals surface area (Å²) >= 11 is 0. The van der Waals surface area contributed by atoms with Crippen molar-refractivity contribution in [3.8, 4) is 11.4 Å². The third-order valence-corrected chi connectivity index (χ3v) is 5.97. The molecule has 4 heterocycles. The highest BCUT2D eigenvalue weighted by atomic mass is 19.1. The Kier molecular flexibility index (Phi) is 4.69. The largest absolute Gasteiger partial charge is 0.353 e. The summed E-state index contributed by atoms with van der Waals surface area (Å²) in [4.78, 5) is 28.1. The first-order valence-corrected chi connectivity index (χ1v) is 10.4. The van der Waals surface area contributed by atoms with Crippen LogP contribution in [0.1, 0.15) is 45.1 Å². The van der Waals surface area contributed by atoms with E-state index in [1.807, 2.05) is 19.2 Å². The Bertz CT molecular complexity index is 1220. The molecule has 4 aromatic rings. The zero-order chi connectivity index (χ0) is 20.7. The van der Waals surface area contributed by atoms with Crippen LogP contribution in [0.2, 0.25) is 0 Å². The maximum absolute atomic E-state index is 13.7. The molecule has 4 aromatic heterocycles. The van der Waals surface area contributed by atoms with Crippen molar-refractivity contribution in [2.75, 3.05) is 0 Å². The van der Waals surface area contributed by atoms with E-state index in [1.165, 1.54) is 12.3 Å². The number of hydrogen-bond donors (Lipinski definition) is 2. The van der Waals surface area contributed by atoms with Crippen molar-refractivity contribution in [3.63, 3.8) is 0 Å².